The first-order chi connectivity index (χ1) is 8.91. The summed E-state index contributed by atoms with van der Waals surface area (Å²) >= 11 is 0. The Hall–Kier alpha value is -1.73. The van der Waals surface area contributed by atoms with Crippen LogP contribution in [-0.2, 0) is 17.1 Å². The van der Waals surface area contributed by atoms with Gasteiger partial charge in [0.05, 0.1) is 17.2 Å². The molecule has 1 N–H and O–H groups in total. The molecule has 1 aromatic carbocycles. The lowest BCUT2D eigenvalue weighted by molar-refractivity contribution is -0.143. The fraction of sp³-hybridized carbons (Fsp3) is 0.417. The summed E-state index contributed by atoms with van der Waals surface area (Å²) in [5.41, 5.74) is -3.07. The largest absolute Gasteiger partial charge is 0.416 e. The Balaban J connectivity index is 3.34. The maximum atomic E-state index is 12.6. The molecule has 1 aromatic rings. The lowest BCUT2D eigenvalue weighted by Gasteiger charge is -2.18. The van der Waals surface area contributed by atoms with E-state index in [0.29, 0.717) is 12.1 Å². The van der Waals surface area contributed by atoms with Crippen molar-refractivity contribution in [1.82, 2.24) is 5.32 Å². The van der Waals surface area contributed by atoms with Gasteiger partial charge in [0.15, 0.2) is 0 Å². The second kappa shape index (κ2) is 5.34. The summed E-state index contributed by atoms with van der Waals surface area (Å²) in [5, 5.41) is 2.24. The van der Waals surface area contributed by atoms with Crippen molar-refractivity contribution < 1.29 is 31.1 Å². The van der Waals surface area contributed by atoms with E-state index in [9.17, 15) is 31.1 Å². The maximum Gasteiger partial charge on any atom is 0.416 e. The van der Waals surface area contributed by atoms with Gasteiger partial charge in [-0.15, -0.1) is 0 Å². The van der Waals surface area contributed by atoms with Crippen molar-refractivity contribution in [3.05, 3.63) is 34.9 Å². The molecule has 1 amide bonds. The van der Waals surface area contributed by atoms with Gasteiger partial charge in [-0.3, -0.25) is 4.79 Å². The molecule has 20 heavy (non-hydrogen) atoms. The monoisotopic (exact) mass is 299 g/mol. The molecule has 0 aliphatic heterocycles. The number of halogens is 6. The Morgan fingerprint density at radius 2 is 1.40 bits per heavy atom. The Bertz CT molecular complexity index is 473. The minimum absolute atomic E-state index is 0.0456. The molecule has 0 aromatic heterocycles. The molecule has 8 heteroatoms. The third-order valence-electron chi connectivity index (χ3n) is 2.53. The van der Waals surface area contributed by atoms with Gasteiger partial charge >= 0.3 is 12.4 Å². The molecule has 0 aliphatic rings. The second-order valence-corrected chi connectivity index (χ2v) is 4.26. The molecule has 0 saturated carbocycles. The summed E-state index contributed by atoms with van der Waals surface area (Å²) in [4.78, 5) is 10.8. The molecular formula is C12H11F6NO. The van der Waals surface area contributed by atoms with Crippen molar-refractivity contribution in [1.29, 1.82) is 0 Å². The Labute approximate surface area is 110 Å². The number of amides is 1. The smallest absolute Gasteiger partial charge is 0.350 e. The van der Waals surface area contributed by atoms with E-state index < -0.39 is 35.4 Å². The van der Waals surface area contributed by atoms with E-state index in [0.717, 1.165) is 6.92 Å². The highest BCUT2D eigenvalue weighted by Crippen LogP contribution is 2.37. The van der Waals surface area contributed by atoms with Gasteiger partial charge in [0.1, 0.15) is 0 Å². The SMILES string of the molecule is CC(=O)N[C@@H](C)c1cc(C(F)(F)F)cc(C(F)(F)F)c1. The van der Waals surface area contributed by atoms with Crippen molar-refractivity contribution >= 4 is 5.91 Å². The van der Waals surface area contributed by atoms with Gasteiger partial charge in [0, 0.05) is 6.92 Å². The zero-order valence-electron chi connectivity index (χ0n) is 10.5. The maximum absolute atomic E-state index is 12.6. The van der Waals surface area contributed by atoms with E-state index in [1.54, 1.807) is 0 Å². The first-order valence-corrected chi connectivity index (χ1v) is 5.47. The first kappa shape index (κ1) is 16.3. The molecule has 1 atom stereocenters. The second-order valence-electron chi connectivity index (χ2n) is 4.26. The highest BCUT2D eigenvalue weighted by Gasteiger charge is 2.37. The van der Waals surface area contributed by atoms with Crippen LogP contribution in [0.2, 0.25) is 0 Å². The van der Waals surface area contributed by atoms with Crippen molar-refractivity contribution in [2.24, 2.45) is 0 Å². The van der Waals surface area contributed by atoms with Crippen LogP contribution in [0.1, 0.15) is 36.6 Å². The zero-order chi connectivity index (χ0) is 15.7. The summed E-state index contributed by atoms with van der Waals surface area (Å²) in [5.74, 6) is -0.552. The number of benzene rings is 1. The van der Waals surface area contributed by atoms with E-state index in [1.807, 2.05) is 0 Å². The number of rotatable bonds is 2. The van der Waals surface area contributed by atoms with Crippen LogP contribution in [0, 0.1) is 0 Å². The van der Waals surface area contributed by atoms with Crippen molar-refractivity contribution in [3.8, 4) is 0 Å². The minimum Gasteiger partial charge on any atom is -0.350 e. The van der Waals surface area contributed by atoms with Gasteiger partial charge in [-0.25, -0.2) is 0 Å². The van der Waals surface area contributed by atoms with Gasteiger partial charge in [-0.05, 0) is 30.7 Å². The van der Waals surface area contributed by atoms with Crippen molar-refractivity contribution in [3.63, 3.8) is 0 Å². The summed E-state index contributed by atoms with van der Waals surface area (Å²) in [6.45, 7) is 2.42. The number of carbonyl (C=O) groups excluding carboxylic acids is 1. The summed E-state index contributed by atoms with van der Waals surface area (Å²) < 4.78 is 75.6. The summed E-state index contributed by atoms with van der Waals surface area (Å²) in [7, 11) is 0. The fourth-order valence-corrected chi connectivity index (χ4v) is 1.62. The van der Waals surface area contributed by atoms with E-state index in [2.05, 4.69) is 5.32 Å². The number of nitrogens with one attached hydrogen (secondary N) is 1. The van der Waals surface area contributed by atoms with Crippen LogP contribution in [0.5, 0.6) is 0 Å². The van der Waals surface area contributed by atoms with Crippen LogP contribution < -0.4 is 5.32 Å². The number of carbonyl (C=O) groups is 1. The van der Waals surface area contributed by atoms with Crippen LogP contribution in [0.3, 0.4) is 0 Å². The zero-order valence-corrected chi connectivity index (χ0v) is 10.5. The van der Waals surface area contributed by atoms with E-state index in [-0.39, 0.29) is 11.6 Å². The molecular weight excluding hydrogens is 288 g/mol. The van der Waals surface area contributed by atoms with Crippen LogP contribution in [0.25, 0.3) is 0 Å². The minimum atomic E-state index is -4.90. The Morgan fingerprint density at radius 3 is 1.70 bits per heavy atom. The van der Waals surface area contributed by atoms with Gasteiger partial charge in [0.25, 0.3) is 0 Å². The standard InChI is InChI=1S/C12H11F6NO/c1-6(19-7(2)20)8-3-9(11(13,14)15)5-10(4-8)12(16,17)18/h3-6H,1-2H3,(H,19,20)/t6-/m0/s1. The Morgan fingerprint density at radius 1 is 1.00 bits per heavy atom. The van der Waals surface area contributed by atoms with E-state index >= 15 is 0 Å². The summed E-state index contributed by atoms with van der Waals surface area (Å²) in [6.07, 6.45) is -9.79. The number of alkyl halides is 6. The third kappa shape index (κ3) is 4.14. The van der Waals surface area contributed by atoms with Gasteiger partial charge in [0.2, 0.25) is 5.91 Å². The van der Waals surface area contributed by atoms with Gasteiger partial charge < -0.3 is 5.32 Å². The summed E-state index contributed by atoms with van der Waals surface area (Å²) in [6, 6.07) is 0.270. The van der Waals surface area contributed by atoms with Gasteiger partial charge in [-0.1, -0.05) is 0 Å². The molecule has 0 saturated heterocycles. The van der Waals surface area contributed by atoms with Crippen LogP contribution in [0.4, 0.5) is 26.3 Å². The van der Waals surface area contributed by atoms with E-state index in [4.69, 9.17) is 0 Å². The highest BCUT2D eigenvalue weighted by atomic mass is 19.4. The predicted molar refractivity (Wildman–Crippen MR) is 58.7 cm³/mol. The molecule has 0 radical (unpaired) electrons. The highest BCUT2D eigenvalue weighted by molar-refractivity contribution is 5.73. The van der Waals surface area contributed by atoms with Crippen LogP contribution in [-0.4, -0.2) is 5.91 Å². The van der Waals surface area contributed by atoms with E-state index in [1.165, 1.54) is 6.92 Å². The lowest BCUT2D eigenvalue weighted by atomic mass is 10.0. The fourth-order valence-electron chi connectivity index (χ4n) is 1.62. The molecule has 1 rings (SSSR count). The average molecular weight is 299 g/mol. The molecule has 0 heterocycles. The normalized spacial score (nSPS) is 14.0. The van der Waals surface area contributed by atoms with Crippen molar-refractivity contribution in [2.75, 3.05) is 0 Å². The van der Waals surface area contributed by atoms with Crippen molar-refractivity contribution in [2.45, 2.75) is 32.2 Å². The third-order valence-corrected chi connectivity index (χ3v) is 2.53. The average Bonchev–Trinajstić information content (AvgIpc) is 2.25. The van der Waals surface area contributed by atoms with Gasteiger partial charge in [-0.2, -0.15) is 26.3 Å². The molecule has 0 aliphatic carbocycles. The molecule has 0 spiro atoms. The predicted octanol–water partition coefficient (Wildman–Crippen LogP) is 3.92. The molecule has 112 valence electrons. The topological polar surface area (TPSA) is 29.1 Å². The molecule has 0 fully saturated rings. The number of hydrogen-bond donors (Lipinski definition) is 1. The lowest BCUT2D eigenvalue weighted by Crippen LogP contribution is -2.24. The Kier molecular flexibility index (Phi) is 4.36. The number of hydrogen-bond acceptors (Lipinski definition) is 1. The molecule has 0 bridgehead atoms. The molecule has 2 nitrogen and oxygen atoms in total. The first-order valence-electron chi connectivity index (χ1n) is 5.47. The van der Waals surface area contributed by atoms with Crippen LogP contribution >= 0.6 is 0 Å². The van der Waals surface area contributed by atoms with Crippen LogP contribution in [0.15, 0.2) is 18.2 Å². The molecule has 0 unspecified atom stereocenters. The quantitative estimate of drug-likeness (QED) is 0.824.